The van der Waals surface area contributed by atoms with Crippen molar-refractivity contribution in [1.29, 1.82) is 0 Å². The maximum Gasteiger partial charge on any atom is 0.00720 e. The molecule has 0 heterocycles. The van der Waals surface area contributed by atoms with E-state index in [9.17, 15) is 0 Å². The summed E-state index contributed by atoms with van der Waals surface area (Å²) in [5.41, 5.74) is 1.41. The number of aryl methyl sites for hydroxylation is 1. The van der Waals surface area contributed by atoms with Gasteiger partial charge in [-0.05, 0) is 24.5 Å². The Morgan fingerprint density at radius 2 is 1.33 bits per heavy atom. The first-order chi connectivity index (χ1) is 8.84. The zero-order valence-electron chi connectivity index (χ0n) is 11.8. The van der Waals surface area contributed by atoms with Crippen LogP contribution in [0, 0.1) is 0 Å². The van der Waals surface area contributed by atoms with Crippen LogP contribution < -0.4 is 0 Å². The highest BCUT2D eigenvalue weighted by molar-refractivity contribution is 7.80. The van der Waals surface area contributed by atoms with Crippen LogP contribution in [-0.2, 0) is 6.42 Å². The molecule has 1 aromatic rings. The van der Waals surface area contributed by atoms with Crippen LogP contribution in [0.4, 0.5) is 0 Å². The number of hydrogen-bond donors (Lipinski definition) is 1. The summed E-state index contributed by atoms with van der Waals surface area (Å²) in [5.74, 6) is 0. The zero-order chi connectivity index (χ0) is 13.1. The maximum absolute atomic E-state index is 4.49. The minimum absolute atomic E-state index is 1.15. The van der Waals surface area contributed by atoms with Crippen LogP contribution in [0.25, 0.3) is 0 Å². The molecule has 1 heteroatoms. The topological polar surface area (TPSA) is 0 Å². The lowest BCUT2D eigenvalue weighted by Crippen LogP contribution is -1.88. The Labute approximate surface area is 119 Å². The van der Waals surface area contributed by atoms with Crippen molar-refractivity contribution in [1.82, 2.24) is 0 Å². The van der Waals surface area contributed by atoms with Crippen molar-refractivity contribution in [2.75, 3.05) is 0 Å². The Morgan fingerprint density at radius 1 is 0.778 bits per heavy atom. The Bertz CT molecular complexity index is 306. The van der Waals surface area contributed by atoms with Crippen LogP contribution in [0.1, 0.15) is 70.3 Å². The van der Waals surface area contributed by atoms with Crippen molar-refractivity contribution >= 4 is 12.6 Å². The predicted molar refractivity (Wildman–Crippen MR) is 84.6 cm³/mol. The minimum Gasteiger partial charge on any atom is -0.143 e. The van der Waals surface area contributed by atoms with Gasteiger partial charge >= 0.3 is 0 Å². The first kappa shape index (κ1) is 15.6. The van der Waals surface area contributed by atoms with Crippen molar-refractivity contribution < 1.29 is 0 Å². The van der Waals surface area contributed by atoms with Crippen molar-refractivity contribution in [3.63, 3.8) is 0 Å². The third-order valence-electron chi connectivity index (χ3n) is 3.54. The smallest absolute Gasteiger partial charge is 0.00720 e. The Hall–Kier alpha value is -0.430. The van der Waals surface area contributed by atoms with Gasteiger partial charge in [-0.3, -0.25) is 0 Å². The molecule has 1 aromatic carbocycles. The van der Waals surface area contributed by atoms with Crippen molar-refractivity contribution in [2.45, 2.75) is 76.0 Å². The number of hydrogen-bond acceptors (Lipinski definition) is 1. The van der Waals surface area contributed by atoms with Crippen LogP contribution >= 0.6 is 12.6 Å². The van der Waals surface area contributed by atoms with Crippen molar-refractivity contribution in [2.24, 2.45) is 0 Å². The highest BCUT2D eigenvalue weighted by Gasteiger charge is 1.97. The number of rotatable bonds is 10. The molecule has 0 spiro atoms. The van der Waals surface area contributed by atoms with Crippen LogP contribution in [0.3, 0.4) is 0 Å². The summed E-state index contributed by atoms with van der Waals surface area (Å²) in [6.07, 6.45) is 13.8. The fourth-order valence-electron chi connectivity index (χ4n) is 2.35. The van der Waals surface area contributed by atoms with Gasteiger partial charge in [-0.2, -0.15) is 0 Å². The zero-order valence-corrected chi connectivity index (χ0v) is 12.7. The molecule has 1 rings (SSSR count). The highest BCUT2D eigenvalue weighted by Crippen LogP contribution is 2.17. The average Bonchev–Trinajstić information content (AvgIpc) is 2.39. The van der Waals surface area contributed by atoms with E-state index < -0.39 is 0 Å². The first-order valence-electron chi connectivity index (χ1n) is 7.61. The van der Waals surface area contributed by atoms with E-state index in [2.05, 4.69) is 43.8 Å². The normalized spacial score (nSPS) is 10.8. The molecule has 0 saturated heterocycles. The third-order valence-corrected chi connectivity index (χ3v) is 3.98. The molecule has 0 aliphatic rings. The molecule has 0 aliphatic heterocycles. The standard InChI is InChI=1S/C17H28S/c1-2-3-4-5-6-7-8-9-10-13-16-14-11-12-15-17(16)18/h11-12,14-15,18H,2-10,13H2,1H3. The molecule has 18 heavy (non-hydrogen) atoms. The van der Waals surface area contributed by atoms with Crippen LogP contribution in [0.15, 0.2) is 29.2 Å². The number of benzene rings is 1. The fourth-order valence-corrected chi connectivity index (χ4v) is 2.62. The van der Waals surface area contributed by atoms with E-state index in [-0.39, 0.29) is 0 Å². The van der Waals surface area contributed by atoms with Crippen LogP contribution in [-0.4, -0.2) is 0 Å². The summed E-state index contributed by atoms with van der Waals surface area (Å²) in [7, 11) is 0. The van der Waals surface area contributed by atoms with E-state index in [1.165, 1.54) is 69.8 Å². The molecule has 0 unspecified atom stereocenters. The van der Waals surface area contributed by atoms with Gasteiger partial charge < -0.3 is 0 Å². The molecule has 102 valence electrons. The van der Waals surface area contributed by atoms with Gasteiger partial charge in [0, 0.05) is 4.90 Å². The second kappa shape index (κ2) is 10.5. The van der Waals surface area contributed by atoms with Crippen molar-refractivity contribution in [3.8, 4) is 0 Å². The molecule has 0 atom stereocenters. The summed E-state index contributed by atoms with van der Waals surface area (Å²) >= 11 is 4.49. The lowest BCUT2D eigenvalue weighted by molar-refractivity contribution is 0.564. The second-order valence-electron chi connectivity index (χ2n) is 5.21. The van der Waals surface area contributed by atoms with Crippen molar-refractivity contribution in [3.05, 3.63) is 29.8 Å². The van der Waals surface area contributed by atoms with E-state index in [0.29, 0.717) is 0 Å². The number of unbranched alkanes of at least 4 members (excludes halogenated alkanes) is 8. The summed E-state index contributed by atoms with van der Waals surface area (Å²) in [5, 5.41) is 0. The largest absolute Gasteiger partial charge is 0.143 e. The van der Waals surface area contributed by atoms with Gasteiger partial charge in [0.2, 0.25) is 0 Å². The van der Waals surface area contributed by atoms with Gasteiger partial charge in [0.1, 0.15) is 0 Å². The monoisotopic (exact) mass is 264 g/mol. The summed E-state index contributed by atoms with van der Waals surface area (Å²) < 4.78 is 0. The van der Waals surface area contributed by atoms with E-state index in [1.54, 1.807) is 0 Å². The summed E-state index contributed by atoms with van der Waals surface area (Å²) in [4.78, 5) is 1.15. The SMILES string of the molecule is CCCCCCCCCCCc1ccccc1S. The summed E-state index contributed by atoms with van der Waals surface area (Å²) in [6.45, 7) is 2.28. The molecule has 0 aromatic heterocycles. The van der Waals surface area contributed by atoms with E-state index in [0.717, 1.165) is 4.90 Å². The molecule has 0 aliphatic carbocycles. The molecule has 0 nitrogen and oxygen atoms in total. The molecular weight excluding hydrogens is 236 g/mol. The molecular formula is C17H28S. The summed E-state index contributed by atoms with van der Waals surface area (Å²) in [6, 6.07) is 8.46. The maximum atomic E-state index is 4.49. The molecule has 0 fully saturated rings. The fraction of sp³-hybridized carbons (Fsp3) is 0.647. The van der Waals surface area contributed by atoms with Gasteiger partial charge in [0.15, 0.2) is 0 Å². The molecule has 0 saturated carbocycles. The third kappa shape index (κ3) is 7.10. The first-order valence-corrected chi connectivity index (χ1v) is 8.06. The van der Waals surface area contributed by atoms with E-state index >= 15 is 0 Å². The molecule has 0 bridgehead atoms. The molecule has 0 radical (unpaired) electrons. The van der Waals surface area contributed by atoms with Gasteiger partial charge in [-0.25, -0.2) is 0 Å². The number of thiol groups is 1. The van der Waals surface area contributed by atoms with Crippen LogP contribution in [0.2, 0.25) is 0 Å². The molecule has 0 amide bonds. The van der Waals surface area contributed by atoms with Gasteiger partial charge in [0.25, 0.3) is 0 Å². The quantitative estimate of drug-likeness (QED) is 0.386. The van der Waals surface area contributed by atoms with E-state index in [1.807, 2.05) is 0 Å². The lowest BCUT2D eigenvalue weighted by atomic mass is 10.0. The highest BCUT2D eigenvalue weighted by atomic mass is 32.1. The predicted octanol–water partition coefficient (Wildman–Crippen LogP) is 6.05. The van der Waals surface area contributed by atoms with Gasteiger partial charge in [-0.1, -0.05) is 76.5 Å². The van der Waals surface area contributed by atoms with Crippen LogP contribution in [0.5, 0.6) is 0 Å². The molecule has 0 N–H and O–H groups in total. The minimum atomic E-state index is 1.15. The van der Waals surface area contributed by atoms with E-state index in [4.69, 9.17) is 0 Å². The van der Waals surface area contributed by atoms with Gasteiger partial charge in [-0.15, -0.1) is 12.6 Å². The average molecular weight is 264 g/mol. The second-order valence-corrected chi connectivity index (χ2v) is 5.69. The Kier molecular flexibility index (Phi) is 9.11. The Balaban J connectivity index is 1.94. The Morgan fingerprint density at radius 3 is 1.94 bits per heavy atom. The lowest BCUT2D eigenvalue weighted by Gasteiger charge is -2.05. The van der Waals surface area contributed by atoms with Gasteiger partial charge in [0.05, 0.1) is 0 Å².